The third kappa shape index (κ3) is 3.85. The zero-order valence-electron chi connectivity index (χ0n) is 12.2. The van der Waals surface area contributed by atoms with Gasteiger partial charge in [0.05, 0.1) is 0 Å². The van der Waals surface area contributed by atoms with Gasteiger partial charge in [-0.1, -0.05) is 6.07 Å². The Labute approximate surface area is 131 Å². The van der Waals surface area contributed by atoms with Crippen molar-refractivity contribution in [3.8, 4) is 11.5 Å². The van der Waals surface area contributed by atoms with Gasteiger partial charge in [-0.25, -0.2) is 4.79 Å². The first-order valence-electron chi connectivity index (χ1n) is 6.99. The lowest BCUT2D eigenvalue weighted by Gasteiger charge is -2.14. The molecule has 0 radical (unpaired) electrons. The molecule has 0 spiro atoms. The average Bonchev–Trinajstić information content (AvgIpc) is 3.06. The van der Waals surface area contributed by atoms with Crippen LogP contribution in [0.2, 0.25) is 0 Å². The van der Waals surface area contributed by atoms with Crippen LogP contribution in [-0.2, 0) is 30.3 Å². The number of rotatable bonds is 5. The molecule has 0 aromatic heterocycles. The van der Waals surface area contributed by atoms with Crippen LogP contribution in [0.25, 0.3) is 0 Å². The van der Waals surface area contributed by atoms with Gasteiger partial charge in [-0.15, -0.1) is 0 Å². The highest BCUT2D eigenvalue weighted by Gasteiger charge is 2.18. The number of benzene rings is 1. The molecule has 0 aliphatic carbocycles. The topological polar surface area (TPSA) is 92.3 Å². The van der Waals surface area contributed by atoms with Crippen molar-refractivity contribution in [2.75, 3.05) is 26.6 Å². The van der Waals surface area contributed by atoms with Crippen LogP contribution >= 0.6 is 0 Å². The summed E-state index contributed by atoms with van der Waals surface area (Å²) >= 11 is 0. The Hall–Kier alpha value is -2.90. The summed E-state index contributed by atoms with van der Waals surface area (Å²) in [6.45, 7) is 0.742. The van der Waals surface area contributed by atoms with Crippen LogP contribution in [0.4, 0.5) is 0 Å². The van der Waals surface area contributed by atoms with Crippen LogP contribution in [0.3, 0.4) is 0 Å². The van der Waals surface area contributed by atoms with E-state index >= 15 is 0 Å². The standard InChI is InChI=1S/C15H15NO7/c17-14(8-21-15(18)13-7-19-3-4-20-13)16-6-10-1-2-11-12(5-10)23-9-22-11/h1-2,5,7H,3-4,6,8-9H2,(H,16,17). The lowest BCUT2D eigenvalue weighted by Crippen LogP contribution is -2.29. The van der Waals surface area contributed by atoms with Gasteiger partial charge in [-0.2, -0.15) is 0 Å². The minimum atomic E-state index is -0.733. The summed E-state index contributed by atoms with van der Waals surface area (Å²) in [6.07, 6.45) is 1.18. The Morgan fingerprint density at radius 1 is 1.13 bits per heavy atom. The molecule has 0 atom stereocenters. The van der Waals surface area contributed by atoms with Gasteiger partial charge in [0.25, 0.3) is 5.91 Å². The third-order valence-corrected chi connectivity index (χ3v) is 3.11. The van der Waals surface area contributed by atoms with E-state index in [2.05, 4.69) is 5.32 Å². The van der Waals surface area contributed by atoms with Crippen molar-refractivity contribution in [3.63, 3.8) is 0 Å². The number of amides is 1. The number of ether oxygens (including phenoxy) is 5. The van der Waals surface area contributed by atoms with Crippen LogP contribution in [0.15, 0.2) is 30.2 Å². The number of carbonyl (C=O) groups is 2. The van der Waals surface area contributed by atoms with Crippen molar-refractivity contribution in [1.82, 2.24) is 5.32 Å². The van der Waals surface area contributed by atoms with Crippen LogP contribution in [0.5, 0.6) is 11.5 Å². The molecule has 2 aliphatic heterocycles. The Morgan fingerprint density at radius 2 is 2.00 bits per heavy atom. The van der Waals surface area contributed by atoms with E-state index < -0.39 is 18.5 Å². The molecule has 2 aliphatic rings. The fraction of sp³-hybridized carbons (Fsp3) is 0.333. The Bertz CT molecular complexity index is 641. The highest BCUT2D eigenvalue weighted by molar-refractivity contribution is 5.88. The van der Waals surface area contributed by atoms with Crippen molar-refractivity contribution in [2.45, 2.75) is 6.54 Å². The lowest BCUT2D eigenvalue weighted by molar-refractivity contribution is -0.149. The first-order chi connectivity index (χ1) is 11.2. The van der Waals surface area contributed by atoms with Crippen molar-refractivity contribution >= 4 is 11.9 Å². The second-order valence-electron chi connectivity index (χ2n) is 4.74. The summed E-state index contributed by atoms with van der Waals surface area (Å²) in [5, 5.41) is 2.64. The van der Waals surface area contributed by atoms with Gasteiger partial charge in [0.15, 0.2) is 18.1 Å². The molecule has 0 saturated carbocycles. The van der Waals surface area contributed by atoms with Gasteiger partial charge in [-0.05, 0) is 17.7 Å². The van der Waals surface area contributed by atoms with Gasteiger partial charge >= 0.3 is 5.97 Å². The molecular weight excluding hydrogens is 306 g/mol. The van der Waals surface area contributed by atoms with E-state index in [0.717, 1.165) is 5.56 Å². The van der Waals surface area contributed by atoms with Gasteiger partial charge < -0.3 is 29.0 Å². The van der Waals surface area contributed by atoms with E-state index in [9.17, 15) is 9.59 Å². The first kappa shape index (κ1) is 15.0. The second kappa shape index (κ2) is 6.91. The molecule has 8 nitrogen and oxygen atoms in total. The van der Waals surface area contributed by atoms with Crippen LogP contribution < -0.4 is 14.8 Å². The molecule has 0 fully saturated rings. The number of carbonyl (C=O) groups excluding carboxylic acids is 2. The average molecular weight is 321 g/mol. The van der Waals surface area contributed by atoms with E-state index in [0.29, 0.717) is 18.1 Å². The fourth-order valence-electron chi connectivity index (χ4n) is 1.98. The van der Waals surface area contributed by atoms with Crippen molar-refractivity contribution in [2.24, 2.45) is 0 Å². The third-order valence-electron chi connectivity index (χ3n) is 3.11. The molecule has 0 bridgehead atoms. The molecule has 1 aromatic rings. The van der Waals surface area contributed by atoms with Gasteiger partial charge in [0.2, 0.25) is 12.6 Å². The largest absolute Gasteiger partial charge is 0.493 e. The molecule has 3 rings (SSSR count). The Kier molecular flexibility index (Phi) is 4.51. The van der Waals surface area contributed by atoms with Crippen molar-refractivity contribution in [1.29, 1.82) is 0 Å². The number of esters is 1. The maximum absolute atomic E-state index is 11.7. The van der Waals surface area contributed by atoms with Crippen LogP contribution in [0, 0.1) is 0 Å². The predicted molar refractivity (Wildman–Crippen MR) is 75.4 cm³/mol. The van der Waals surface area contributed by atoms with Gasteiger partial charge in [0, 0.05) is 6.54 Å². The number of fused-ring (bicyclic) bond motifs is 1. The van der Waals surface area contributed by atoms with Crippen molar-refractivity contribution in [3.05, 3.63) is 35.8 Å². The summed E-state index contributed by atoms with van der Waals surface area (Å²) in [7, 11) is 0. The Morgan fingerprint density at radius 3 is 2.83 bits per heavy atom. The van der Waals surface area contributed by atoms with E-state index in [-0.39, 0.29) is 25.7 Å². The lowest BCUT2D eigenvalue weighted by atomic mass is 10.2. The summed E-state index contributed by atoms with van der Waals surface area (Å²) in [5.74, 6) is 0.123. The molecular formula is C15H15NO7. The van der Waals surface area contributed by atoms with Crippen LogP contribution in [0.1, 0.15) is 5.56 Å². The molecule has 23 heavy (non-hydrogen) atoms. The maximum atomic E-state index is 11.7. The van der Waals surface area contributed by atoms with E-state index in [1.165, 1.54) is 6.26 Å². The normalized spacial score (nSPS) is 15.0. The quantitative estimate of drug-likeness (QED) is 0.788. The van der Waals surface area contributed by atoms with Crippen LogP contribution in [-0.4, -0.2) is 38.5 Å². The SMILES string of the molecule is O=C(COC(=O)C1=COCCO1)NCc1ccc2c(c1)OCO2. The molecule has 8 heteroatoms. The summed E-state index contributed by atoms with van der Waals surface area (Å²) in [6, 6.07) is 5.38. The summed E-state index contributed by atoms with van der Waals surface area (Å²) in [4.78, 5) is 23.3. The first-order valence-corrected chi connectivity index (χ1v) is 6.99. The van der Waals surface area contributed by atoms with E-state index in [4.69, 9.17) is 23.7 Å². The molecule has 2 heterocycles. The number of hydrogen-bond donors (Lipinski definition) is 1. The molecule has 1 N–H and O–H groups in total. The molecule has 0 saturated heterocycles. The molecule has 0 unspecified atom stereocenters. The molecule has 122 valence electrons. The number of hydrogen-bond acceptors (Lipinski definition) is 7. The van der Waals surface area contributed by atoms with Gasteiger partial charge in [0.1, 0.15) is 19.5 Å². The smallest absolute Gasteiger partial charge is 0.377 e. The highest BCUT2D eigenvalue weighted by Crippen LogP contribution is 2.32. The fourth-order valence-corrected chi connectivity index (χ4v) is 1.98. The Balaban J connectivity index is 1.43. The second-order valence-corrected chi connectivity index (χ2v) is 4.74. The minimum absolute atomic E-state index is 0.0418. The molecule has 1 amide bonds. The maximum Gasteiger partial charge on any atom is 0.377 e. The minimum Gasteiger partial charge on any atom is -0.493 e. The zero-order chi connectivity index (χ0) is 16.1. The predicted octanol–water partition coefficient (Wildman–Crippen LogP) is 0.463. The monoisotopic (exact) mass is 321 g/mol. The van der Waals surface area contributed by atoms with E-state index in [1.807, 2.05) is 6.07 Å². The summed E-state index contributed by atoms with van der Waals surface area (Å²) < 4.78 is 25.3. The highest BCUT2D eigenvalue weighted by atomic mass is 16.7. The zero-order valence-corrected chi connectivity index (χ0v) is 12.2. The van der Waals surface area contributed by atoms with Gasteiger partial charge in [-0.3, -0.25) is 4.79 Å². The number of nitrogens with one attached hydrogen (secondary N) is 1. The van der Waals surface area contributed by atoms with E-state index in [1.54, 1.807) is 12.1 Å². The summed E-state index contributed by atoms with van der Waals surface area (Å²) in [5.41, 5.74) is 0.848. The van der Waals surface area contributed by atoms with Crippen molar-refractivity contribution < 1.29 is 33.3 Å². The molecule has 1 aromatic carbocycles.